The molecule has 0 radical (unpaired) electrons. The summed E-state index contributed by atoms with van der Waals surface area (Å²) in [4.78, 5) is 5.70. The summed E-state index contributed by atoms with van der Waals surface area (Å²) in [5.74, 6) is -0.0644. The van der Waals surface area contributed by atoms with Crippen LogP contribution in [0.25, 0.3) is 0 Å². The molecule has 1 saturated heterocycles. The number of hydrogen-bond donors (Lipinski definition) is 0. The van der Waals surface area contributed by atoms with Gasteiger partial charge >= 0.3 is 0 Å². The Morgan fingerprint density at radius 2 is 1.22 bits per heavy atom. The van der Waals surface area contributed by atoms with E-state index in [0.717, 1.165) is 28.0 Å². The van der Waals surface area contributed by atoms with Gasteiger partial charge in [-0.15, -0.1) is 0 Å². The Hall–Kier alpha value is -4.05. The number of hydrogen-bond acceptors (Lipinski definition) is 8. The van der Waals surface area contributed by atoms with Crippen LogP contribution in [0, 0.1) is 0 Å². The molecule has 1 aliphatic rings. The Morgan fingerprint density at radius 3 is 1.80 bits per heavy atom. The van der Waals surface area contributed by atoms with Gasteiger partial charge in [0.2, 0.25) is 0 Å². The van der Waals surface area contributed by atoms with Gasteiger partial charge in [0.1, 0.15) is 36.8 Å². The van der Waals surface area contributed by atoms with Crippen molar-refractivity contribution in [1.82, 2.24) is 0 Å². The molecule has 1 fully saturated rings. The van der Waals surface area contributed by atoms with Gasteiger partial charge in [0.25, 0.3) is 0 Å². The SMILES string of the molecule is COc1ccc(COC[C@H]2OC(C)(C)O[C@H]2[C@H](OCc2ccccc2)[C@H](/C=N/OCc2ccccc2)OCc2ccccc2)cc1. The van der Waals surface area contributed by atoms with Crippen LogP contribution in [-0.4, -0.2) is 50.1 Å². The molecule has 8 nitrogen and oxygen atoms in total. The summed E-state index contributed by atoms with van der Waals surface area (Å²) in [7, 11) is 1.65. The lowest BCUT2D eigenvalue weighted by molar-refractivity contribution is -0.172. The fraction of sp³-hybridized carbons (Fsp3) is 0.342. The molecule has 0 N–H and O–H groups in total. The van der Waals surface area contributed by atoms with Crippen molar-refractivity contribution in [2.45, 2.75) is 70.5 Å². The average molecular weight is 626 g/mol. The molecule has 1 heterocycles. The smallest absolute Gasteiger partial charge is 0.164 e. The van der Waals surface area contributed by atoms with E-state index in [1.807, 2.05) is 129 Å². The molecule has 242 valence electrons. The fourth-order valence-corrected chi connectivity index (χ4v) is 5.21. The number of methoxy groups -OCH3 is 1. The number of rotatable bonds is 17. The van der Waals surface area contributed by atoms with Gasteiger partial charge in [-0.1, -0.05) is 108 Å². The first-order valence-corrected chi connectivity index (χ1v) is 15.6. The van der Waals surface area contributed by atoms with Crippen molar-refractivity contribution in [3.05, 3.63) is 138 Å². The Balaban J connectivity index is 1.36. The predicted molar refractivity (Wildman–Crippen MR) is 176 cm³/mol. The molecule has 0 spiro atoms. The molecule has 0 bridgehead atoms. The number of nitrogens with zero attached hydrogens (tertiary/aromatic N) is 1. The Bertz CT molecular complexity index is 1450. The van der Waals surface area contributed by atoms with E-state index in [9.17, 15) is 0 Å². The zero-order valence-electron chi connectivity index (χ0n) is 26.7. The van der Waals surface area contributed by atoms with Crippen LogP contribution in [0.3, 0.4) is 0 Å². The maximum Gasteiger partial charge on any atom is 0.164 e. The highest BCUT2D eigenvalue weighted by Crippen LogP contribution is 2.33. The lowest BCUT2D eigenvalue weighted by atomic mass is 10.0. The minimum Gasteiger partial charge on any atom is -0.497 e. The molecule has 0 amide bonds. The van der Waals surface area contributed by atoms with Gasteiger partial charge < -0.3 is 33.3 Å². The Labute approximate surface area is 271 Å². The summed E-state index contributed by atoms with van der Waals surface area (Å²) in [5.41, 5.74) is 4.09. The number of oxime groups is 1. The largest absolute Gasteiger partial charge is 0.497 e. The van der Waals surface area contributed by atoms with Crippen LogP contribution in [-0.2, 0) is 54.9 Å². The van der Waals surface area contributed by atoms with Crippen molar-refractivity contribution in [2.24, 2.45) is 5.16 Å². The summed E-state index contributed by atoms with van der Waals surface area (Å²) < 4.78 is 37.5. The van der Waals surface area contributed by atoms with Gasteiger partial charge in [-0.3, -0.25) is 0 Å². The maximum atomic E-state index is 6.65. The zero-order chi connectivity index (χ0) is 32.0. The van der Waals surface area contributed by atoms with Gasteiger partial charge in [-0.25, -0.2) is 0 Å². The molecule has 1 aliphatic heterocycles. The Morgan fingerprint density at radius 1 is 0.674 bits per heavy atom. The summed E-state index contributed by atoms with van der Waals surface area (Å²) in [5, 5.41) is 4.34. The fourth-order valence-electron chi connectivity index (χ4n) is 5.21. The van der Waals surface area contributed by atoms with E-state index in [1.54, 1.807) is 13.3 Å². The van der Waals surface area contributed by atoms with Crippen LogP contribution < -0.4 is 4.74 Å². The summed E-state index contributed by atoms with van der Waals surface area (Å²) in [6, 6.07) is 37.7. The molecule has 46 heavy (non-hydrogen) atoms. The van der Waals surface area contributed by atoms with Crippen LogP contribution in [0.5, 0.6) is 5.75 Å². The van der Waals surface area contributed by atoms with Crippen LogP contribution in [0.2, 0.25) is 0 Å². The second-order valence-electron chi connectivity index (χ2n) is 11.5. The van der Waals surface area contributed by atoms with Crippen molar-refractivity contribution < 1.29 is 33.3 Å². The second kappa shape index (κ2) is 17.0. The van der Waals surface area contributed by atoms with Crippen LogP contribution in [0.15, 0.2) is 120 Å². The van der Waals surface area contributed by atoms with E-state index < -0.39 is 30.2 Å². The number of benzene rings is 4. The van der Waals surface area contributed by atoms with Crippen molar-refractivity contribution >= 4 is 6.21 Å². The molecule has 5 rings (SSSR count). The van der Waals surface area contributed by atoms with Crippen LogP contribution in [0.1, 0.15) is 36.1 Å². The lowest BCUT2D eigenvalue weighted by Crippen LogP contribution is -2.48. The second-order valence-corrected chi connectivity index (χ2v) is 11.5. The van der Waals surface area contributed by atoms with Crippen molar-refractivity contribution in [3.63, 3.8) is 0 Å². The first-order valence-electron chi connectivity index (χ1n) is 15.6. The van der Waals surface area contributed by atoms with Crippen LogP contribution >= 0.6 is 0 Å². The van der Waals surface area contributed by atoms with E-state index in [2.05, 4.69) is 5.16 Å². The van der Waals surface area contributed by atoms with Crippen molar-refractivity contribution in [1.29, 1.82) is 0 Å². The quantitative estimate of drug-likeness (QED) is 0.0915. The minimum atomic E-state index is -0.863. The Kier molecular flexibility index (Phi) is 12.3. The number of ether oxygens (including phenoxy) is 6. The monoisotopic (exact) mass is 625 g/mol. The van der Waals surface area contributed by atoms with E-state index in [0.29, 0.717) is 33.0 Å². The molecular formula is C38H43NO7. The third kappa shape index (κ3) is 10.2. The molecule has 4 aromatic rings. The standard InChI is InChI=1S/C38H43NO7/c1-38(2)45-35(28-41-24-32-19-21-33(40-3)22-20-32)37(46-38)36(43-26-30-15-9-5-10-16-30)34(42-25-29-13-7-4-8-14-29)23-39-44-27-31-17-11-6-12-18-31/h4-23,34-37H,24-28H2,1-3H3/b39-23+/t34-,35+,36+,37+/m0/s1. The molecule has 0 aliphatic carbocycles. The van der Waals surface area contributed by atoms with E-state index in [4.69, 9.17) is 33.3 Å². The molecular weight excluding hydrogens is 582 g/mol. The molecule has 4 atom stereocenters. The molecule has 8 heteroatoms. The zero-order valence-corrected chi connectivity index (χ0v) is 26.7. The maximum absolute atomic E-state index is 6.65. The lowest BCUT2D eigenvalue weighted by Gasteiger charge is -2.31. The van der Waals surface area contributed by atoms with E-state index in [1.165, 1.54) is 0 Å². The molecule has 4 aromatic carbocycles. The molecule has 0 aromatic heterocycles. The van der Waals surface area contributed by atoms with Gasteiger partial charge in [0.05, 0.1) is 39.8 Å². The highest BCUT2D eigenvalue weighted by molar-refractivity contribution is 5.63. The van der Waals surface area contributed by atoms with Gasteiger partial charge in [0.15, 0.2) is 5.79 Å². The van der Waals surface area contributed by atoms with Gasteiger partial charge in [-0.05, 0) is 48.2 Å². The average Bonchev–Trinajstić information content (AvgIpc) is 3.40. The third-order valence-corrected chi connectivity index (χ3v) is 7.51. The minimum absolute atomic E-state index is 0.290. The summed E-state index contributed by atoms with van der Waals surface area (Å²) in [6.07, 6.45) is -0.548. The first-order chi connectivity index (χ1) is 22.5. The topological polar surface area (TPSA) is 77.0 Å². The third-order valence-electron chi connectivity index (χ3n) is 7.51. The predicted octanol–water partition coefficient (Wildman–Crippen LogP) is 7.11. The summed E-state index contributed by atoms with van der Waals surface area (Å²) in [6.45, 7) is 5.51. The van der Waals surface area contributed by atoms with Crippen LogP contribution in [0.4, 0.5) is 0 Å². The first kappa shape index (κ1) is 33.3. The molecule has 0 saturated carbocycles. The summed E-state index contributed by atoms with van der Waals surface area (Å²) >= 11 is 0. The normalized spacial score (nSPS) is 18.8. The highest BCUT2D eigenvalue weighted by atomic mass is 16.8. The van der Waals surface area contributed by atoms with Gasteiger partial charge in [0, 0.05) is 0 Å². The van der Waals surface area contributed by atoms with Crippen molar-refractivity contribution in [2.75, 3.05) is 13.7 Å². The van der Waals surface area contributed by atoms with Gasteiger partial charge in [-0.2, -0.15) is 0 Å². The molecule has 0 unspecified atom stereocenters. The van der Waals surface area contributed by atoms with Crippen molar-refractivity contribution in [3.8, 4) is 5.75 Å². The highest BCUT2D eigenvalue weighted by Gasteiger charge is 2.48. The van der Waals surface area contributed by atoms with E-state index in [-0.39, 0.29) is 0 Å². The van der Waals surface area contributed by atoms with E-state index >= 15 is 0 Å².